The number of fused-ring (bicyclic) bond motifs is 1. The minimum absolute atomic E-state index is 0.102. The Morgan fingerprint density at radius 3 is 2.92 bits per heavy atom. The topological polar surface area (TPSA) is 29.4 Å². The van der Waals surface area contributed by atoms with Crippen molar-refractivity contribution in [3.05, 3.63) is 29.8 Å². The molecule has 2 rings (SSSR count). The lowest BCUT2D eigenvalue weighted by Crippen LogP contribution is -2.08. The predicted octanol–water partition coefficient (Wildman–Crippen LogP) is 2.23. The van der Waals surface area contributed by atoms with Crippen LogP contribution in [0.25, 0.3) is 0 Å². The molecule has 0 fully saturated rings. The fraction of sp³-hybridized carbons (Fsp3) is 0.111. The fourth-order valence-electron chi connectivity index (χ4n) is 1.22. The second kappa shape index (κ2) is 2.75. The highest BCUT2D eigenvalue weighted by Gasteiger charge is 2.16. The van der Waals surface area contributed by atoms with Crippen molar-refractivity contribution in [2.45, 2.75) is 6.42 Å². The summed E-state index contributed by atoms with van der Waals surface area (Å²) < 4.78 is 0. The van der Waals surface area contributed by atoms with Crippen LogP contribution in [-0.4, -0.2) is 10.8 Å². The van der Waals surface area contributed by atoms with E-state index in [2.05, 4.69) is 17.6 Å². The Hall–Kier alpha value is -1.09. The maximum atomic E-state index is 11.4. The van der Waals surface area contributed by atoms with Gasteiger partial charge >= 0.3 is 0 Å². The van der Waals surface area contributed by atoms with Crippen LogP contribution in [0.15, 0.2) is 29.3 Å². The van der Waals surface area contributed by atoms with Crippen molar-refractivity contribution in [1.29, 1.82) is 0 Å². The van der Waals surface area contributed by atoms with E-state index in [1.54, 1.807) is 6.07 Å². The van der Waals surface area contributed by atoms with Crippen molar-refractivity contribution in [2.75, 3.05) is 0 Å². The van der Waals surface area contributed by atoms with E-state index in [1.165, 1.54) is 0 Å². The van der Waals surface area contributed by atoms with E-state index in [-0.39, 0.29) is 5.78 Å². The Morgan fingerprint density at radius 1 is 1.33 bits per heavy atom. The van der Waals surface area contributed by atoms with E-state index in [1.807, 2.05) is 18.2 Å². The summed E-state index contributed by atoms with van der Waals surface area (Å²) >= 11 is 4.07. The molecule has 1 heterocycles. The van der Waals surface area contributed by atoms with Crippen LogP contribution in [0.4, 0.5) is 5.69 Å². The van der Waals surface area contributed by atoms with Gasteiger partial charge in [0.15, 0.2) is 5.78 Å². The Morgan fingerprint density at radius 2 is 2.08 bits per heavy atom. The monoisotopic (exact) mass is 177 g/mol. The molecule has 0 aromatic heterocycles. The lowest BCUT2D eigenvalue weighted by Gasteiger charge is -2.09. The first-order valence-electron chi connectivity index (χ1n) is 3.66. The van der Waals surface area contributed by atoms with E-state index in [9.17, 15) is 4.79 Å². The summed E-state index contributed by atoms with van der Waals surface area (Å²) in [7, 11) is 0. The van der Waals surface area contributed by atoms with Crippen LogP contribution in [0.5, 0.6) is 0 Å². The number of ketones is 1. The number of benzene rings is 1. The van der Waals surface area contributed by atoms with Crippen molar-refractivity contribution in [3.8, 4) is 0 Å². The van der Waals surface area contributed by atoms with Gasteiger partial charge in [0.1, 0.15) is 0 Å². The summed E-state index contributed by atoms with van der Waals surface area (Å²) in [5.74, 6) is 0.102. The molecule has 2 nitrogen and oxygen atoms in total. The average molecular weight is 177 g/mol. The molecule has 1 aromatic rings. The molecule has 1 aliphatic rings. The van der Waals surface area contributed by atoms with Crippen molar-refractivity contribution in [3.63, 3.8) is 0 Å². The molecule has 3 heteroatoms. The second-order valence-electron chi connectivity index (χ2n) is 2.65. The van der Waals surface area contributed by atoms with E-state index >= 15 is 0 Å². The van der Waals surface area contributed by atoms with Gasteiger partial charge in [-0.25, -0.2) is 4.99 Å². The van der Waals surface area contributed by atoms with Crippen LogP contribution in [0.3, 0.4) is 0 Å². The Labute approximate surface area is 75.7 Å². The van der Waals surface area contributed by atoms with Crippen molar-refractivity contribution in [1.82, 2.24) is 0 Å². The number of thiol groups is 1. The Kier molecular flexibility index (Phi) is 1.73. The highest BCUT2D eigenvalue weighted by Crippen LogP contribution is 2.25. The first-order valence-corrected chi connectivity index (χ1v) is 4.11. The smallest absolute Gasteiger partial charge is 0.171 e. The lowest BCUT2D eigenvalue weighted by atomic mass is 10.0. The quantitative estimate of drug-likeness (QED) is 0.605. The SMILES string of the molecule is O=C1CC(S)=Nc2ccccc21. The first-order chi connectivity index (χ1) is 5.77. The summed E-state index contributed by atoms with van der Waals surface area (Å²) in [5, 5.41) is 0.596. The van der Waals surface area contributed by atoms with E-state index < -0.39 is 0 Å². The molecule has 0 saturated carbocycles. The third-order valence-corrected chi connectivity index (χ3v) is 2.03. The molecule has 1 aliphatic heterocycles. The van der Waals surface area contributed by atoms with Crippen LogP contribution < -0.4 is 0 Å². The highest BCUT2D eigenvalue weighted by atomic mass is 32.1. The van der Waals surface area contributed by atoms with Gasteiger partial charge in [-0.2, -0.15) is 0 Å². The van der Waals surface area contributed by atoms with Crippen LogP contribution in [-0.2, 0) is 0 Å². The van der Waals surface area contributed by atoms with Gasteiger partial charge in [-0.15, -0.1) is 12.6 Å². The Balaban J connectivity index is 2.62. The highest BCUT2D eigenvalue weighted by molar-refractivity contribution is 7.97. The summed E-state index contributed by atoms with van der Waals surface area (Å²) in [6.07, 6.45) is 0.333. The normalized spacial score (nSPS) is 15.4. The van der Waals surface area contributed by atoms with Crippen LogP contribution in [0, 0.1) is 0 Å². The fourth-order valence-corrected chi connectivity index (χ4v) is 1.48. The number of para-hydroxylation sites is 1. The zero-order valence-corrected chi connectivity index (χ0v) is 7.21. The molecule has 1 aromatic carbocycles. The van der Waals surface area contributed by atoms with Gasteiger partial charge in [0.2, 0.25) is 0 Å². The molecule has 0 saturated heterocycles. The maximum Gasteiger partial charge on any atom is 0.171 e. The summed E-state index contributed by atoms with van der Waals surface area (Å²) in [6, 6.07) is 7.32. The van der Waals surface area contributed by atoms with Gasteiger partial charge in [0, 0.05) is 5.56 Å². The molecule has 0 aliphatic carbocycles. The molecule has 0 radical (unpaired) electrons. The zero-order valence-electron chi connectivity index (χ0n) is 6.32. The number of hydrogen-bond donors (Lipinski definition) is 1. The van der Waals surface area contributed by atoms with Gasteiger partial charge in [-0.05, 0) is 12.1 Å². The van der Waals surface area contributed by atoms with E-state index in [0.29, 0.717) is 17.0 Å². The third-order valence-electron chi connectivity index (χ3n) is 1.77. The van der Waals surface area contributed by atoms with Gasteiger partial charge in [0.05, 0.1) is 17.2 Å². The van der Waals surface area contributed by atoms with Crippen LogP contribution in [0.2, 0.25) is 0 Å². The average Bonchev–Trinajstić information content (AvgIpc) is 2.04. The van der Waals surface area contributed by atoms with Crippen molar-refractivity contribution < 1.29 is 4.79 Å². The van der Waals surface area contributed by atoms with E-state index in [0.717, 1.165) is 5.69 Å². The minimum atomic E-state index is 0.102. The molecule has 0 amide bonds. The molecule has 0 atom stereocenters. The third kappa shape index (κ3) is 1.16. The predicted molar refractivity (Wildman–Crippen MR) is 51.5 cm³/mol. The number of aliphatic imine (C=N–C) groups is 1. The van der Waals surface area contributed by atoms with Gasteiger partial charge in [-0.3, -0.25) is 4.79 Å². The molecule has 0 spiro atoms. The molecule has 60 valence electrons. The zero-order chi connectivity index (χ0) is 8.55. The standard InChI is InChI=1S/C9H7NOS/c11-8-5-9(12)10-7-4-2-1-3-6(7)8/h1-4H,5H2,(H,10,12). The molecular formula is C9H7NOS. The molecule has 0 unspecified atom stereocenters. The number of nitrogens with zero attached hydrogens (tertiary/aromatic N) is 1. The number of carbonyl (C=O) groups is 1. The van der Waals surface area contributed by atoms with Gasteiger partial charge in [0.25, 0.3) is 0 Å². The summed E-state index contributed by atoms with van der Waals surface area (Å²) in [6.45, 7) is 0. The maximum absolute atomic E-state index is 11.4. The molecule has 0 bridgehead atoms. The Bertz CT molecular complexity index is 371. The number of hydrogen-bond acceptors (Lipinski definition) is 2. The molecular weight excluding hydrogens is 170 g/mol. The first kappa shape index (κ1) is 7.55. The van der Waals surface area contributed by atoms with Crippen molar-refractivity contribution in [2.24, 2.45) is 4.99 Å². The summed E-state index contributed by atoms with van der Waals surface area (Å²) in [5.41, 5.74) is 1.44. The van der Waals surface area contributed by atoms with Crippen molar-refractivity contribution >= 4 is 29.1 Å². The number of carbonyl (C=O) groups excluding carboxylic acids is 1. The molecule has 12 heavy (non-hydrogen) atoms. The lowest BCUT2D eigenvalue weighted by molar-refractivity contribution is 0.100. The van der Waals surface area contributed by atoms with E-state index in [4.69, 9.17) is 0 Å². The van der Waals surface area contributed by atoms with Gasteiger partial charge in [-0.1, -0.05) is 12.1 Å². The van der Waals surface area contributed by atoms with Gasteiger partial charge < -0.3 is 0 Å². The number of Topliss-reactive ketones (excluding diaryl/α,β-unsaturated/α-hetero) is 1. The largest absolute Gasteiger partial charge is 0.294 e. The minimum Gasteiger partial charge on any atom is -0.294 e. The number of rotatable bonds is 0. The summed E-state index contributed by atoms with van der Waals surface area (Å²) in [4.78, 5) is 15.5. The van der Waals surface area contributed by atoms with Crippen LogP contribution >= 0.6 is 12.6 Å². The van der Waals surface area contributed by atoms with Crippen LogP contribution in [0.1, 0.15) is 16.8 Å². The second-order valence-corrected chi connectivity index (χ2v) is 3.16. The molecule has 0 N–H and O–H groups in total.